The number of aromatic carboxylic acids is 4. The molecule has 0 amide bonds. The Balaban J connectivity index is 0.000000183. The predicted octanol–water partition coefficient (Wildman–Crippen LogP) is 5.98. The van der Waals surface area contributed by atoms with Crippen molar-refractivity contribution < 1.29 is 79.2 Å². The molecule has 0 aliphatic heterocycles. The molecule has 1 aliphatic rings. The van der Waals surface area contributed by atoms with Gasteiger partial charge in [-0.3, -0.25) is 19.2 Å². The van der Waals surface area contributed by atoms with Crippen molar-refractivity contribution in [1.29, 1.82) is 0 Å². The molecular weight excluding hydrogens is 784 g/mol. The van der Waals surface area contributed by atoms with Gasteiger partial charge < -0.3 is 40.9 Å². The number of hydrogen-bond donors (Lipinski definition) is 8. The largest absolute Gasteiger partial charge is 0.481 e. The van der Waals surface area contributed by atoms with Crippen molar-refractivity contribution in [2.75, 3.05) is 0 Å². The van der Waals surface area contributed by atoms with Crippen LogP contribution in [-0.4, -0.2) is 88.6 Å². The molecule has 0 saturated heterocycles. The van der Waals surface area contributed by atoms with Gasteiger partial charge in [-0.15, -0.1) is 0 Å². The summed E-state index contributed by atoms with van der Waals surface area (Å²) >= 11 is 0. The lowest BCUT2D eigenvalue weighted by Crippen LogP contribution is -2.79. The maximum Gasteiger partial charge on any atom is 0.336 e. The van der Waals surface area contributed by atoms with Crippen molar-refractivity contribution in [2.24, 2.45) is 11.8 Å². The lowest BCUT2D eigenvalue weighted by Gasteiger charge is -2.60. The van der Waals surface area contributed by atoms with Crippen LogP contribution < -0.4 is 0 Å². The van der Waals surface area contributed by atoms with Gasteiger partial charge in [0.25, 0.3) is 0 Å². The topological polar surface area (TPSA) is 298 Å². The lowest BCUT2D eigenvalue weighted by atomic mass is 9.35. The van der Waals surface area contributed by atoms with Gasteiger partial charge in [-0.25, -0.2) is 19.2 Å². The predicted molar refractivity (Wildman–Crippen MR) is 209 cm³/mol. The van der Waals surface area contributed by atoms with Crippen LogP contribution in [0, 0.1) is 11.8 Å². The Morgan fingerprint density at radius 2 is 0.583 bits per heavy atom. The number of carboxylic acids is 8. The fraction of sp³-hybridized carbons (Fsp3) is 0.0909. The molecule has 8 rings (SSSR count). The van der Waals surface area contributed by atoms with Gasteiger partial charge >= 0.3 is 47.8 Å². The third kappa shape index (κ3) is 5.38. The van der Waals surface area contributed by atoms with E-state index < -0.39 is 70.4 Å². The molecule has 0 heterocycles. The van der Waals surface area contributed by atoms with Gasteiger partial charge in [-0.1, -0.05) is 84.9 Å². The molecule has 0 aromatic heterocycles. The van der Waals surface area contributed by atoms with E-state index in [1.165, 1.54) is 97.1 Å². The first-order valence-electron chi connectivity index (χ1n) is 17.6. The van der Waals surface area contributed by atoms with Gasteiger partial charge in [0.1, 0.15) is 10.8 Å². The summed E-state index contributed by atoms with van der Waals surface area (Å²) in [4.78, 5) is 96.6. The number of hydrogen-bond acceptors (Lipinski definition) is 8. The fourth-order valence-electron chi connectivity index (χ4n) is 9.17. The number of benzene rings is 7. The number of fused-ring (bicyclic) bond motifs is 2. The molecule has 60 heavy (non-hydrogen) atoms. The minimum absolute atomic E-state index is 0.0587. The normalized spacial score (nSPS) is 19.5. The summed E-state index contributed by atoms with van der Waals surface area (Å²) in [7, 11) is 0. The summed E-state index contributed by atoms with van der Waals surface area (Å²) in [5, 5.41) is 81.5. The average Bonchev–Trinajstić information content (AvgIpc) is 3.19. The van der Waals surface area contributed by atoms with Crippen molar-refractivity contribution in [2.45, 2.75) is 10.8 Å². The molecule has 1 saturated carbocycles. The standard InChI is InChI=1S/C24H12O8.C20H16O8/c25-21(26)13-5-1-9-10-2-6-15(23(29)30)20-16(24(31)32)8-4-12(18(10)20)11-3-7-14(22(27)28)19(13)17(9)11;21-15(22)13-19(17(25)26,11-7-3-1-4-8-11)14(16(23)24)20(13,18(27)28)12-9-5-2-6-10-12/h1-8H,(H,25,26)(H,27,28)(H,29,30)(H,31,32);1-10,13-14H,(H,21,22)(H,23,24)(H,25,26)(H,27,28). The van der Waals surface area contributed by atoms with Crippen molar-refractivity contribution in [3.8, 4) is 0 Å². The Labute approximate surface area is 334 Å². The Hall–Kier alpha value is -8.40. The molecule has 0 radical (unpaired) electrons. The van der Waals surface area contributed by atoms with E-state index in [0.29, 0.717) is 32.3 Å². The van der Waals surface area contributed by atoms with Crippen LogP contribution in [0.15, 0.2) is 109 Å². The molecule has 0 spiro atoms. The monoisotopic (exact) mass is 812 g/mol. The van der Waals surface area contributed by atoms with E-state index in [2.05, 4.69) is 0 Å². The average molecular weight is 813 g/mol. The van der Waals surface area contributed by atoms with Crippen LogP contribution in [0.2, 0.25) is 0 Å². The molecule has 0 unspecified atom stereocenters. The molecule has 16 heteroatoms. The Morgan fingerprint density at radius 1 is 0.333 bits per heavy atom. The Bertz CT molecular complexity index is 2700. The molecule has 7 aromatic rings. The number of rotatable bonds is 10. The fourth-order valence-corrected chi connectivity index (χ4v) is 9.17. The maximum atomic E-state index is 12.4. The highest BCUT2D eigenvalue weighted by Gasteiger charge is 2.84. The van der Waals surface area contributed by atoms with E-state index in [4.69, 9.17) is 0 Å². The first-order chi connectivity index (χ1) is 28.4. The van der Waals surface area contributed by atoms with Gasteiger partial charge in [0.05, 0.1) is 34.1 Å². The molecule has 7 aromatic carbocycles. The minimum atomic E-state index is -2.45. The molecule has 1 aliphatic carbocycles. The molecule has 0 atom stereocenters. The first kappa shape index (κ1) is 39.8. The summed E-state index contributed by atoms with van der Waals surface area (Å²) in [6.07, 6.45) is 0. The van der Waals surface area contributed by atoms with Gasteiger partial charge in [-0.2, -0.15) is 0 Å². The summed E-state index contributed by atoms with van der Waals surface area (Å²) in [6, 6.07) is 25.5. The van der Waals surface area contributed by atoms with E-state index in [-0.39, 0.29) is 44.2 Å². The number of carbonyl (C=O) groups is 8. The highest BCUT2D eigenvalue weighted by molar-refractivity contribution is 6.38. The zero-order chi connectivity index (χ0) is 43.6. The second-order valence-electron chi connectivity index (χ2n) is 14.0. The summed E-state index contributed by atoms with van der Waals surface area (Å²) in [5.41, 5.74) is -5.75. The maximum absolute atomic E-state index is 12.4. The molecule has 0 bridgehead atoms. The molecule has 300 valence electrons. The highest BCUT2D eigenvalue weighted by atomic mass is 16.4. The van der Waals surface area contributed by atoms with Crippen molar-refractivity contribution in [3.05, 3.63) is 143 Å². The smallest absolute Gasteiger partial charge is 0.336 e. The Morgan fingerprint density at radius 3 is 0.783 bits per heavy atom. The number of carboxylic acid groups (broad SMARTS) is 8. The van der Waals surface area contributed by atoms with E-state index in [1.54, 1.807) is 12.1 Å². The van der Waals surface area contributed by atoms with Crippen LogP contribution in [-0.2, 0) is 30.0 Å². The van der Waals surface area contributed by atoms with Crippen molar-refractivity contribution in [3.63, 3.8) is 0 Å². The van der Waals surface area contributed by atoms with Gasteiger partial charge in [0, 0.05) is 10.8 Å². The van der Waals surface area contributed by atoms with E-state index in [9.17, 15) is 79.2 Å². The molecular formula is C44H28O16. The zero-order valence-corrected chi connectivity index (χ0v) is 30.4. The van der Waals surface area contributed by atoms with Crippen molar-refractivity contribution >= 4 is 90.8 Å². The third-order valence-electron chi connectivity index (χ3n) is 11.3. The van der Waals surface area contributed by atoms with Crippen LogP contribution >= 0.6 is 0 Å². The van der Waals surface area contributed by atoms with E-state index in [0.717, 1.165) is 0 Å². The zero-order valence-electron chi connectivity index (χ0n) is 30.4. The molecule has 1 fully saturated rings. The van der Waals surface area contributed by atoms with Crippen molar-refractivity contribution in [1.82, 2.24) is 0 Å². The lowest BCUT2D eigenvalue weighted by molar-refractivity contribution is -0.204. The van der Waals surface area contributed by atoms with Crippen LogP contribution in [0.25, 0.3) is 43.1 Å². The summed E-state index contributed by atoms with van der Waals surface area (Å²) < 4.78 is 0. The van der Waals surface area contributed by atoms with E-state index in [1.807, 2.05) is 0 Å². The quantitative estimate of drug-likeness (QED) is 0.0582. The van der Waals surface area contributed by atoms with Gasteiger partial charge in [0.2, 0.25) is 0 Å². The van der Waals surface area contributed by atoms with Crippen LogP contribution in [0.3, 0.4) is 0 Å². The first-order valence-corrected chi connectivity index (χ1v) is 17.6. The van der Waals surface area contributed by atoms with Crippen LogP contribution in [0.4, 0.5) is 0 Å². The molecule has 8 N–H and O–H groups in total. The van der Waals surface area contributed by atoms with E-state index >= 15 is 0 Å². The highest BCUT2D eigenvalue weighted by Crippen LogP contribution is 2.66. The number of aliphatic carboxylic acids is 4. The minimum Gasteiger partial charge on any atom is -0.481 e. The summed E-state index contributed by atoms with van der Waals surface area (Å²) in [6.45, 7) is 0. The SMILES string of the molecule is O=C(O)C1C(C(=O)O)(c2ccccc2)C(C(=O)O)C1(C(=O)O)c1ccccc1.O=C(O)c1ccc2c3ccc(C(=O)O)c4c(C(=O)O)ccc(c5ccc(C(=O)O)c1c25)c43. The van der Waals surface area contributed by atoms with Crippen LogP contribution in [0.5, 0.6) is 0 Å². The van der Waals surface area contributed by atoms with Gasteiger partial charge in [-0.05, 0) is 67.7 Å². The second-order valence-corrected chi connectivity index (χ2v) is 14.0. The Kier molecular flexibility index (Phi) is 9.43. The summed E-state index contributed by atoms with van der Waals surface area (Å²) in [5.74, 6) is -16.0. The van der Waals surface area contributed by atoms with Gasteiger partial charge in [0.15, 0.2) is 0 Å². The third-order valence-corrected chi connectivity index (χ3v) is 11.3. The van der Waals surface area contributed by atoms with Crippen LogP contribution in [0.1, 0.15) is 52.6 Å². The second kappa shape index (κ2) is 14.2. The molecule has 16 nitrogen and oxygen atoms in total.